The van der Waals surface area contributed by atoms with E-state index in [0.717, 1.165) is 0 Å². The van der Waals surface area contributed by atoms with Crippen LogP contribution in [0.3, 0.4) is 0 Å². The van der Waals surface area contributed by atoms with E-state index in [9.17, 15) is 9.59 Å². The summed E-state index contributed by atoms with van der Waals surface area (Å²) in [5.74, 6) is 0.191. The van der Waals surface area contributed by atoms with E-state index in [4.69, 9.17) is 0 Å². The summed E-state index contributed by atoms with van der Waals surface area (Å²) in [6.07, 6.45) is 3.20. The topological polar surface area (TPSA) is 81.8 Å². The van der Waals surface area contributed by atoms with Crippen LogP contribution in [0.4, 0.5) is 5.82 Å². The summed E-state index contributed by atoms with van der Waals surface area (Å²) in [6, 6.07) is 1.71. The molecule has 0 aromatic carbocycles. The Kier molecular flexibility index (Phi) is 3.09. The van der Waals surface area contributed by atoms with Crippen LogP contribution in [0.25, 0.3) is 10.2 Å². The van der Waals surface area contributed by atoms with Gasteiger partial charge < -0.3 is 9.88 Å². The van der Waals surface area contributed by atoms with Crippen LogP contribution in [0.15, 0.2) is 23.4 Å². The van der Waals surface area contributed by atoms with Crippen LogP contribution in [0.1, 0.15) is 15.2 Å². The number of rotatable bonds is 2. The molecule has 3 aromatic rings. The average molecular weight is 303 g/mol. The molecular weight excluding hydrogens is 290 g/mol. The van der Waals surface area contributed by atoms with Gasteiger partial charge in [0.05, 0.1) is 16.6 Å². The summed E-state index contributed by atoms with van der Waals surface area (Å²) < 4.78 is 3.01. The number of nitrogens with one attached hydrogen (secondary N) is 1. The van der Waals surface area contributed by atoms with Crippen molar-refractivity contribution >= 4 is 33.3 Å². The first-order valence-corrected chi connectivity index (χ1v) is 7.04. The number of anilines is 1. The molecule has 3 aromatic heterocycles. The molecular formula is C13H13N5O2S. The number of hydrogen-bond acceptors (Lipinski definition) is 5. The molecule has 108 valence electrons. The van der Waals surface area contributed by atoms with Crippen LogP contribution in [0.2, 0.25) is 0 Å². The summed E-state index contributed by atoms with van der Waals surface area (Å²) in [4.78, 5) is 29.7. The molecule has 7 nitrogen and oxygen atoms in total. The fourth-order valence-electron chi connectivity index (χ4n) is 2.08. The maximum absolute atomic E-state index is 12.3. The van der Waals surface area contributed by atoms with Gasteiger partial charge in [0.2, 0.25) is 0 Å². The summed E-state index contributed by atoms with van der Waals surface area (Å²) in [5.41, 5.74) is 0.503. The fourth-order valence-corrected chi connectivity index (χ4v) is 3.11. The maximum atomic E-state index is 12.3. The lowest BCUT2D eigenvalue weighted by Crippen LogP contribution is -2.17. The molecule has 0 bridgehead atoms. The van der Waals surface area contributed by atoms with Crippen molar-refractivity contribution in [1.29, 1.82) is 0 Å². The van der Waals surface area contributed by atoms with Crippen LogP contribution in [-0.4, -0.2) is 25.2 Å². The SMILES string of the molecule is Cc1c(C(=O)Nc2ccn(C)n2)sc2ncn(C)c(=O)c12. The first kappa shape index (κ1) is 13.5. The Morgan fingerprint density at radius 3 is 2.81 bits per heavy atom. The van der Waals surface area contributed by atoms with Gasteiger partial charge in [-0.05, 0) is 12.5 Å². The van der Waals surface area contributed by atoms with Crippen molar-refractivity contribution in [2.24, 2.45) is 14.1 Å². The lowest BCUT2D eigenvalue weighted by Gasteiger charge is -2.00. The van der Waals surface area contributed by atoms with Crippen molar-refractivity contribution in [3.8, 4) is 0 Å². The molecule has 0 saturated heterocycles. The van der Waals surface area contributed by atoms with E-state index in [1.807, 2.05) is 0 Å². The molecule has 0 atom stereocenters. The Labute approximate surface area is 123 Å². The molecule has 0 unspecified atom stereocenters. The number of carbonyl (C=O) groups excluding carboxylic acids is 1. The zero-order valence-electron chi connectivity index (χ0n) is 11.7. The summed E-state index contributed by atoms with van der Waals surface area (Å²) in [7, 11) is 3.41. The third-order valence-corrected chi connectivity index (χ3v) is 4.37. The molecule has 0 aliphatic rings. The fraction of sp³-hybridized carbons (Fsp3) is 0.231. The molecule has 0 fully saturated rings. The predicted molar refractivity (Wildman–Crippen MR) is 80.8 cm³/mol. The Hall–Kier alpha value is -2.48. The third kappa shape index (κ3) is 2.23. The Morgan fingerprint density at radius 2 is 2.14 bits per heavy atom. The Morgan fingerprint density at radius 1 is 1.38 bits per heavy atom. The van der Waals surface area contributed by atoms with Gasteiger partial charge in [0.1, 0.15) is 4.83 Å². The van der Waals surface area contributed by atoms with Gasteiger partial charge >= 0.3 is 0 Å². The molecule has 3 rings (SSSR count). The number of fused-ring (bicyclic) bond motifs is 1. The van der Waals surface area contributed by atoms with E-state index in [1.165, 1.54) is 22.2 Å². The average Bonchev–Trinajstić information content (AvgIpc) is 2.98. The molecule has 1 amide bonds. The molecule has 1 N–H and O–H groups in total. The second kappa shape index (κ2) is 4.81. The number of amides is 1. The van der Waals surface area contributed by atoms with Gasteiger partial charge in [-0.2, -0.15) is 5.10 Å². The number of nitrogens with zero attached hydrogens (tertiary/aromatic N) is 4. The van der Waals surface area contributed by atoms with E-state index < -0.39 is 0 Å². The van der Waals surface area contributed by atoms with Gasteiger partial charge in [0, 0.05) is 26.4 Å². The quantitative estimate of drug-likeness (QED) is 0.773. The standard InChI is InChI=1S/C13H13N5O2S/c1-7-9-12(14-6-17(2)13(9)20)21-10(7)11(19)15-8-4-5-18(3)16-8/h4-6H,1-3H3,(H,15,16,19). The minimum atomic E-state index is -0.281. The normalized spacial score (nSPS) is 11.0. The van der Waals surface area contributed by atoms with Crippen molar-refractivity contribution in [3.63, 3.8) is 0 Å². The third-order valence-electron chi connectivity index (χ3n) is 3.17. The Bertz CT molecular complexity index is 905. The molecule has 0 saturated carbocycles. The van der Waals surface area contributed by atoms with Crippen LogP contribution in [0.5, 0.6) is 0 Å². The molecule has 21 heavy (non-hydrogen) atoms. The first-order valence-electron chi connectivity index (χ1n) is 6.23. The highest BCUT2D eigenvalue weighted by atomic mass is 32.1. The van der Waals surface area contributed by atoms with Crippen molar-refractivity contribution in [2.45, 2.75) is 6.92 Å². The molecule has 3 heterocycles. The molecule has 0 aliphatic carbocycles. The lowest BCUT2D eigenvalue weighted by molar-refractivity contribution is 0.102. The van der Waals surface area contributed by atoms with E-state index in [0.29, 0.717) is 26.5 Å². The largest absolute Gasteiger partial charge is 0.304 e. The Balaban J connectivity index is 2.04. The minimum Gasteiger partial charge on any atom is -0.304 e. The monoisotopic (exact) mass is 303 g/mol. The van der Waals surface area contributed by atoms with E-state index in [-0.39, 0.29) is 11.5 Å². The maximum Gasteiger partial charge on any atom is 0.267 e. The van der Waals surface area contributed by atoms with Crippen molar-refractivity contribution in [2.75, 3.05) is 5.32 Å². The second-order valence-electron chi connectivity index (χ2n) is 4.73. The van der Waals surface area contributed by atoms with Crippen LogP contribution in [0, 0.1) is 6.92 Å². The van der Waals surface area contributed by atoms with Crippen LogP contribution in [-0.2, 0) is 14.1 Å². The van der Waals surface area contributed by atoms with Gasteiger partial charge in [-0.1, -0.05) is 0 Å². The van der Waals surface area contributed by atoms with Crippen molar-refractivity contribution in [1.82, 2.24) is 19.3 Å². The van der Waals surface area contributed by atoms with Gasteiger partial charge in [-0.25, -0.2) is 4.98 Å². The summed E-state index contributed by atoms with van der Waals surface area (Å²) in [6.45, 7) is 1.76. The zero-order valence-corrected chi connectivity index (χ0v) is 12.6. The number of aromatic nitrogens is 4. The van der Waals surface area contributed by atoms with Gasteiger partial charge in [0.25, 0.3) is 11.5 Å². The minimum absolute atomic E-state index is 0.148. The molecule has 0 spiro atoms. The van der Waals surface area contributed by atoms with Crippen LogP contribution >= 0.6 is 11.3 Å². The first-order chi connectivity index (χ1) is 9.97. The van der Waals surface area contributed by atoms with E-state index >= 15 is 0 Å². The summed E-state index contributed by atoms with van der Waals surface area (Å²) >= 11 is 1.21. The van der Waals surface area contributed by atoms with Gasteiger partial charge in [-0.3, -0.25) is 14.3 Å². The number of hydrogen-bond donors (Lipinski definition) is 1. The predicted octanol–water partition coefficient (Wildman–Crippen LogP) is 1.29. The molecule has 8 heteroatoms. The highest BCUT2D eigenvalue weighted by Gasteiger charge is 2.19. The molecule has 0 aliphatic heterocycles. The van der Waals surface area contributed by atoms with E-state index in [1.54, 1.807) is 38.0 Å². The number of aryl methyl sites for hydroxylation is 3. The number of carbonyl (C=O) groups is 1. The summed E-state index contributed by atoms with van der Waals surface area (Å²) in [5, 5.41) is 7.31. The smallest absolute Gasteiger partial charge is 0.267 e. The van der Waals surface area contributed by atoms with Crippen molar-refractivity contribution < 1.29 is 4.79 Å². The second-order valence-corrected chi connectivity index (χ2v) is 5.72. The van der Waals surface area contributed by atoms with Gasteiger partial charge in [-0.15, -0.1) is 11.3 Å². The zero-order chi connectivity index (χ0) is 15.1. The highest BCUT2D eigenvalue weighted by molar-refractivity contribution is 7.20. The van der Waals surface area contributed by atoms with Gasteiger partial charge in [0.15, 0.2) is 5.82 Å². The van der Waals surface area contributed by atoms with Crippen LogP contribution < -0.4 is 10.9 Å². The lowest BCUT2D eigenvalue weighted by atomic mass is 10.2. The highest BCUT2D eigenvalue weighted by Crippen LogP contribution is 2.27. The van der Waals surface area contributed by atoms with Crippen molar-refractivity contribution in [3.05, 3.63) is 39.4 Å². The molecule has 0 radical (unpaired) electrons. The van der Waals surface area contributed by atoms with E-state index in [2.05, 4.69) is 15.4 Å². The number of thiophene rings is 1.